The van der Waals surface area contributed by atoms with Crippen LogP contribution in [0.15, 0.2) is 4.52 Å². The lowest BCUT2D eigenvalue weighted by molar-refractivity contribution is 0.417. The van der Waals surface area contributed by atoms with Crippen molar-refractivity contribution in [3.8, 4) is 0 Å². The van der Waals surface area contributed by atoms with Gasteiger partial charge in [0.05, 0.1) is 0 Å². The number of nitrogens with two attached hydrogens (primary N) is 1. The van der Waals surface area contributed by atoms with Crippen molar-refractivity contribution in [3.05, 3.63) is 11.3 Å². The fraction of sp³-hybridized carbons (Fsp3) is 0.667. The average molecular weight is 232 g/mol. The van der Waals surface area contributed by atoms with Crippen molar-refractivity contribution in [2.45, 2.75) is 31.9 Å². The summed E-state index contributed by atoms with van der Waals surface area (Å²) in [4.78, 5) is 0. The summed E-state index contributed by atoms with van der Waals surface area (Å²) in [5.41, 5.74) is 6.65. The van der Waals surface area contributed by atoms with E-state index in [2.05, 4.69) is 5.16 Å². The van der Waals surface area contributed by atoms with Crippen LogP contribution in [0.4, 0.5) is 5.88 Å². The first-order chi connectivity index (χ1) is 6.71. The van der Waals surface area contributed by atoms with Crippen LogP contribution >= 0.6 is 0 Å². The van der Waals surface area contributed by atoms with Gasteiger partial charge in [0.25, 0.3) is 0 Å². The number of hydrogen-bond acceptors (Lipinski definition) is 5. The normalized spacial score (nSPS) is 13.1. The molecule has 0 aromatic carbocycles. The topological polar surface area (TPSA) is 86.2 Å². The van der Waals surface area contributed by atoms with Gasteiger partial charge in [0, 0.05) is 11.8 Å². The second-order valence-corrected chi connectivity index (χ2v) is 6.57. The molecule has 2 N–H and O–H groups in total. The van der Waals surface area contributed by atoms with E-state index in [0.29, 0.717) is 17.7 Å². The van der Waals surface area contributed by atoms with Crippen molar-refractivity contribution in [2.75, 3.05) is 12.0 Å². The quantitative estimate of drug-likeness (QED) is 0.843. The Morgan fingerprint density at radius 1 is 1.47 bits per heavy atom. The van der Waals surface area contributed by atoms with Crippen LogP contribution in [0.1, 0.15) is 32.0 Å². The van der Waals surface area contributed by atoms with Gasteiger partial charge in [-0.25, -0.2) is 8.42 Å². The molecule has 0 fully saturated rings. The molecule has 0 spiro atoms. The second kappa shape index (κ2) is 3.52. The predicted octanol–water partition coefficient (Wildman–Crippen LogP) is 1.10. The Morgan fingerprint density at radius 3 is 2.40 bits per heavy atom. The second-order valence-electron chi connectivity index (χ2n) is 4.01. The fourth-order valence-corrected chi connectivity index (χ4v) is 1.82. The lowest BCUT2D eigenvalue weighted by Crippen LogP contribution is -2.29. The molecule has 5 nitrogen and oxygen atoms in total. The number of rotatable bonds is 3. The molecule has 1 rings (SSSR count). The van der Waals surface area contributed by atoms with Crippen molar-refractivity contribution in [1.29, 1.82) is 0 Å². The highest BCUT2D eigenvalue weighted by Crippen LogP contribution is 2.33. The number of aromatic nitrogens is 1. The summed E-state index contributed by atoms with van der Waals surface area (Å²) in [6, 6.07) is 0. The van der Waals surface area contributed by atoms with Crippen molar-refractivity contribution in [2.24, 2.45) is 0 Å². The maximum atomic E-state index is 11.6. The standard InChI is InChI=1S/C9H16N2O3S/c1-5-6-7(11-14-8(6)10)9(2,3)15(4,12)13/h5,10H2,1-4H3. The van der Waals surface area contributed by atoms with E-state index in [1.54, 1.807) is 13.8 Å². The average Bonchev–Trinajstić information content (AvgIpc) is 2.44. The highest BCUT2D eigenvalue weighted by molar-refractivity contribution is 7.91. The van der Waals surface area contributed by atoms with Crippen LogP contribution in [0.5, 0.6) is 0 Å². The van der Waals surface area contributed by atoms with E-state index in [9.17, 15) is 8.42 Å². The minimum atomic E-state index is -3.25. The number of anilines is 1. The van der Waals surface area contributed by atoms with E-state index in [4.69, 9.17) is 10.3 Å². The fourth-order valence-electron chi connectivity index (χ4n) is 1.31. The molecular weight excluding hydrogens is 216 g/mol. The van der Waals surface area contributed by atoms with Gasteiger partial charge in [0.2, 0.25) is 5.88 Å². The number of sulfone groups is 1. The molecule has 0 aliphatic carbocycles. The zero-order valence-corrected chi connectivity index (χ0v) is 10.2. The third kappa shape index (κ3) is 1.86. The zero-order valence-electron chi connectivity index (χ0n) is 9.36. The van der Waals surface area contributed by atoms with Gasteiger partial charge in [0.1, 0.15) is 10.4 Å². The van der Waals surface area contributed by atoms with E-state index < -0.39 is 14.6 Å². The molecule has 0 aliphatic rings. The summed E-state index contributed by atoms with van der Waals surface area (Å²) < 4.78 is 27.0. The van der Waals surface area contributed by atoms with E-state index in [1.165, 1.54) is 6.26 Å². The van der Waals surface area contributed by atoms with Crippen LogP contribution in [-0.4, -0.2) is 19.8 Å². The molecule has 0 unspecified atom stereocenters. The van der Waals surface area contributed by atoms with E-state index >= 15 is 0 Å². The largest absolute Gasteiger partial charge is 0.367 e. The van der Waals surface area contributed by atoms with Crippen LogP contribution < -0.4 is 5.73 Å². The monoisotopic (exact) mass is 232 g/mol. The van der Waals surface area contributed by atoms with Gasteiger partial charge < -0.3 is 10.3 Å². The Labute approximate surface area is 89.6 Å². The summed E-state index contributed by atoms with van der Waals surface area (Å²) in [6.07, 6.45) is 1.78. The van der Waals surface area contributed by atoms with Gasteiger partial charge in [-0.15, -0.1) is 0 Å². The van der Waals surface area contributed by atoms with Gasteiger partial charge in [-0.2, -0.15) is 0 Å². The minimum absolute atomic E-state index is 0.198. The molecule has 0 atom stereocenters. The number of hydrogen-bond donors (Lipinski definition) is 1. The zero-order chi connectivity index (χ0) is 11.9. The third-order valence-corrected chi connectivity index (χ3v) is 4.72. The molecular formula is C9H16N2O3S. The van der Waals surface area contributed by atoms with Gasteiger partial charge in [-0.05, 0) is 20.3 Å². The summed E-state index contributed by atoms with van der Waals surface area (Å²) in [5.74, 6) is 0.198. The molecule has 1 aromatic heterocycles. The smallest absolute Gasteiger partial charge is 0.225 e. The SMILES string of the molecule is CCc1c(C(C)(C)S(C)(=O)=O)noc1N. The van der Waals surface area contributed by atoms with Gasteiger partial charge in [-0.1, -0.05) is 12.1 Å². The van der Waals surface area contributed by atoms with Crippen LogP contribution in [0.2, 0.25) is 0 Å². The predicted molar refractivity (Wildman–Crippen MR) is 58.2 cm³/mol. The first-order valence-electron chi connectivity index (χ1n) is 4.66. The highest BCUT2D eigenvalue weighted by atomic mass is 32.2. The molecule has 0 amide bonds. The Bertz CT molecular complexity index is 460. The van der Waals surface area contributed by atoms with Crippen molar-refractivity contribution in [3.63, 3.8) is 0 Å². The maximum Gasteiger partial charge on any atom is 0.225 e. The maximum absolute atomic E-state index is 11.6. The summed E-state index contributed by atoms with van der Waals surface area (Å²) in [6.45, 7) is 5.07. The molecule has 6 heteroatoms. The first-order valence-corrected chi connectivity index (χ1v) is 6.55. The van der Waals surface area contributed by atoms with Crippen LogP contribution in [0, 0.1) is 0 Å². The Balaban J connectivity index is 3.40. The Kier molecular flexibility index (Phi) is 2.82. The number of nitrogens with zero attached hydrogens (tertiary/aromatic N) is 1. The highest BCUT2D eigenvalue weighted by Gasteiger charge is 2.38. The van der Waals surface area contributed by atoms with Crippen molar-refractivity contribution < 1.29 is 12.9 Å². The van der Waals surface area contributed by atoms with Gasteiger partial charge >= 0.3 is 0 Å². The van der Waals surface area contributed by atoms with Crippen molar-refractivity contribution in [1.82, 2.24) is 5.16 Å². The molecule has 0 bridgehead atoms. The molecule has 0 aliphatic heterocycles. The molecule has 1 aromatic rings. The van der Waals surface area contributed by atoms with Crippen LogP contribution in [0.25, 0.3) is 0 Å². The molecule has 1 heterocycles. The van der Waals surface area contributed by atoms with Gasteiger partial charge in [-0.3, -0.25) is 0 Å². The summed E-state index contributed by atoms with van der Waals surface area (Å²) in [5, 5.41) is 3.75. The van der Waals surface area contributed by atoms with E-state index in [-0.39, 0.29) is 5.88 Å². The van der Waals surface area contributed by atoms with Crippen molar-refractivity contribution >= 4 is 15.7 Å². The molecule has 0 saturated heterocycles. The lowest BCUT2D eigenvalue weighted by atomic mass is 10.0. The summed E-state index contributed by atoms with van der Waals surface area (Å²) >= 11 is 0. The molecule has 15 heavy (non-hydrogen) atoms. The van der Waals surface area contributed by atoms with Crippen LogP contribution in [-0.2, 0) is 21.0 Å². The Hall–Kier alpha value is -1.04. The van der Waals surface area contributed by atoms with E-state index in [1.807, 2.05) is 6.92 Å². The van der Waals surface area contributed by atoms with Crippen LogP contribution in [0.3, 0.4) is 0 Å². The third-order valence-electron chi connectivity index (χ3n) is 2.67. The van der Waals surface area contributed by atoms with Gasteiger partial charge in [0.15, 0.2) is 9.84 Å². The molecule has 0 radical (unpaired) electrons. The minimum Gasteiger partial charge on any atom is -0.367 e. The first kappa shape index (κ1) is 12.0. The Morgan fingerprint density at radius 2 is 2.00 bits per heavy atom. The molecule has 86 valence electrons. The summed E-state index contributed by atoms with van der Waals surface area (Å²) in [7, 11) is -3.25. The lowest BCUT2D eigenvalue weighted by Gasteiger charge is -2.20. The number of nitrogen functional groups attached to an aromatic ring is 1. The molecule has 0 saturated carbocycles. The van der Waals surface area contributed by atoms with E-state index in [0.717, 1.165) is 0 Å².